The topological polar surface area (TPSA) is 49.4 Å². The summed E-state index contributed by atoms with van der Waals surface area (Å²) in [6.45, 7) is 4.82. The lowest BCUT2D eigenvalue weighted by atomic mass is 9.93. The van der Waals surface area contributed by atoms with Gasteiger partial charge in [0.15, 0.2) is 0 Å². The Kier molecular flexibility index (Phi) is 4.25. The molecule has 102 valence electrons. The van der Waals surface area contributed by atoms with Crippen LogP contribution in [0.25, 0.3) is 0 Å². The molecule has 0 aromatic heterocycles. The van der Waals surface area contributed by atoms with Gasteiger partial charge in [-0.15, -0.1) is 0 Å². The lowest BCUT2D eigenvalue weighted by molar-refractivity contribution is -0.139. The van der Waals surface area contributed by atoms with Gasteiger partial charge < -0.3 is 10.2 Å². The van der Waals surface area contributed by atoms with Crippen molar-refractivity contribution < 1.29 is 9.59 Å². The number of nitrogens with zero attached hydrogens (tertiary/aromatic N) is 1. The van der Waals surface area contributed by atoms with Gasteiger partial charge in [0, 0.05) is 19.0 Å². The van der Waals surface area contributed by atoms with Crippen LogP contribution in [0.4, 0.5) is 0 Å². The quantitative estimate of drug-likeness (QED) is 0.827. The Labute approximate surface area is 109 Å². The molecule has 0 aromatic rings. The molecule has 2 rings (SSSR count). The lowest BCUT2D eigenvalue weighted by Crippen LogP contribution is -2.50. The maximum Gasteiger partial charge on any atom is 0.243 e. The molecule has 4 nitrogen and oxygen atoms in total. The average Bonchev–Trinajstić information content (AvgIpc) is 2.70. The number of hydrogen-bond acceptors (Lipinski definition) is 2. The zero-order chi connectivity index (χ0) is 13.1. The molecule has 0 aromatic carbocycles. The summed E-state index contributed by atoms with van der Waals surface area (Å²) in [5.74, 6) is 0.555. The molecule has 1 aliphatic carbocycles. The molecule has 1 N–H and O–H groups in total. The third-order valence-corrected chi connectivity index (χ3v) is 3.91. The van der Waals surface area contributed by atoms with E-state index in [0.717, 1.165) is 32.2 Å². The third-order valence-electron chi connectivity index (χ3n) is 3.91. The first-order valence-electron chi connectivity index (χ1n) is 7.17. The molecule has 1 atom stereocenters. The predicted molar refractivity (Wildman–Crippen MR) is 70.0 cm³/mol. The maximum atomic E-state index is 12.1. The minimum Gasteiger partial charge on any atom is -0.352 e. The number of rotatable bonds is 4. The Bertz CT molecular complexity index is 324. The van der Waals surface area contributed by atoms with Crippen molar-refractivity contribution in [2.45, 2.75) is 64.5 Å². The second kappa shape index (κ2) is 5.72. The summed E-state index contributed by atoms with van der Waals surface area (Å²) in [7, 11) is 0. The van der Waals surface area contributed by atoms with E-state index >= 15 is 0 Å². The summed E-state index contributed by atoms with van der Waals surface area (Å²) in [5.41, 5.74) is 0. The van der Waals surface area contributed by atoms with E-state index in [1.54, 1.807) is 4.90 Å². The summed E-state index contributed by atoms with van der Waals surface area (Å²) in [4.78, 5) is 26.0. The van der Waals surface area contributed by atoms with Crippen molar-refractivity contribution in [3.8, 4) is 0 Å². The Balaban J connectivity index is 1.89. The molecule has 1 heterocycles. The first kappa shape index (κ1) is 13.4. The van der Waals surface area contributed by atoms with E-state index in [9.17, 15) is 9.59 Å². The van der Waals surface area contributed by atoms with Gasteiger partial charge in [0.1, 0.15) is 6.04 Å². The zero-order valence-corrected chi connectivity index (χ0v) is 11.4. The lowest BCUT2D eigenvalue weighted by Gasteiger charge is -2.30. The van der Waals surface area contributed by atoms with Crippen LogP contribution in [0.3, 0.4) is 0 Å². The summed E-state index contributed by atoms with van der Waals surface area (Å²) < 4.78 is 0. The van der Waals surface area contributed by atoms with Gasteiger partial charge >= 0.3 is 0 Å². The summed E-state index contributed by atoms with van der Waals surface area (Å²) in [5, 5.41) is 3.06. The summed E-state index contributed by atoms with van der Waals surface area (Å²) in [6.07, 6.45) is 5.73. The number of nitrogens with one attached hydrogen (secondary N) is 1. The first-order valence-corrected chi connectivity index (χ1v) is 7.17. The smallest absolute Gasteiger partial charge is 0.243 e. The van der Waals surface area contributed by atoms with E-state index in [0.29, 0.717) is 18.4 Å². The molecule has 4 heteroatoms. The van der Waals surface area contributed by atoms with Crippen molar-refractivity contribution in [1.29, 1.82) is 0 Å². The number of carbonyl (C=O) groups is 2. The van der Waals surface area contributed by atoms with E-state index in [-0.39, 0.29) is 17.9 Å². The Hall–Kier alpha value is -1.06. The van der Waals surface area contributed by atoms with Gasteiger partial charge in [-0.05, 0) is 38.0 Å². The highest BCUT2D eigenvalue weighted by molar-refractivity contribution is 5.88. The fourth-order valence-corrected chi connectivity index (χ4v) is 2.65. The summed E-state index contributed by atoms with van der Waals surface area (Å²) in [6, 6.07) is 0.150. The van der Waals surface area contributed by atoms with Crippen molar-refractivity contribution in [1.82, 2.24) is 10.2 Å². The molecule has 0 spiro atoms. The zero-order valence-electron chi connectivity index (χ0n) is 11.4. The molecule has 0 radical (unpaired) electrons. The van der Waals surface area contributed by atoms with Crippen molar-refractivity contribution >= 4 is 11.8 Å². The van der Waals surface area contributed by atoms with Crippen molar-refractivity contribution in [2.24, 2.45) is 5.92 Å². The predicted octanol–water partition coefficient (Wildman–Crippen LogP) is 1.69. The van der Waals surface area contributed by atoms with E-state index in [1.165, 1.54) is 6.42 Å². The fraction of sp³-hybridized carbons (Fsp3) is 0.857. The Morgan fingerprint density at radius 1 is 1.22 bits per heavy atom. The molecule has 18 heavy (non-hydrogen) atoms. The van der Waals surface area contributed by atoms with Crippen LogP contribution in [0.15, 0.2) is 0 Å². The molecule has 1 aliphatic heterocycles. The van der Waals surface area contributed by atoms with E-state index in [4.69, 9.17) is 0 Å². The average molecular weight is 252 g/mol. The van der Waals surface area contributed by atoms with E-state index < -0.39 is 0 Å². The van der Waals surface area contributed by atoms with Crippen molar-refractivity contribution in [3.63, 3.8) is 0 Å². The second-order valence-corrected chi connectivity index (χ2v) is 5.98. The van der Waals surface area contributed by atoms with Crippen LogP contribution in [-0.2, 0) is 9.59 Å². The number of likely N-dealkylation sites (tertiary alicyclic amines) is 1. The fourth-order valence-electron chi connectivity index (χ4n) is 2.65. The monoisotopic (exact) mass is 252 g/mol. The molecule has 2 amide bonds. The second-order valence-electron chi connectivity index (χ2n) is 5.98. The Morgan fingerprint density at radius 2 is 1.94 bits per heavy atom. The van der Waals surface area contributed by atoms with Crippen LogP contribution < -0.4 is 5.32 Å². The van der Waals surface area contributed by atoms with Crippen LogP contribution in [0.5, 0.6) is 0 Å². The minimum absolute atomic E-state index is 0.0642. The highest BCUT2D eigenvalue weighted by Gasteiger charge is 2.35. The van der Waals surface area contributed by atoms with Crippen LogP contribution in [0.1, 0.15) is 52.4 Å². The Morgan fingerprint density at radius 3 is 2.50 bits per heavy atom. The maximum absolute atomic E-state index is 12.1. The number of hydrogen-bond donors (Lipinski definition) is 1. The SMILES string of the molecule is CC(C)CC(=O)N1CCCC1C(=O)NC1CCC1. The van der Waals surface area contributed by atoms with Gasteiger partial charge in [0.25, 0.3) is 0 Å². The van der Waals surface area contributed by atoms with Gasteiger partial charge in [-0.3, -0.25) is 9.59 Å². The highest BCUT2D eigenvalue weighted by atomic mass is 16.2. The van der Waals surface area contributed by atoms with E-state index in [2.05, 4.69) is 5.32 Å². The third kappa shape index (κ3) is 3.03. The first-order chi connectivity index (χ1) is 8.58. The van der Waals surface area contributed by atoms with Gasteiger partial charge in [-0.2, -0.15) is 0 Å². The van der Waals surface area contributed by atoms with Crippen molar-refractivity contribution in [3.05, 3.63) is 0 Å². The number of amides is 2. The minimum atomic E-state index is -0.211. The molecular formula is C14H24N2O2. The molecule has 0 bridgehead atoms. The van der Waals surface area contributed by atoms with Gasteiger partial charge in [-0.25, -0.2) is 0 Å². The molecular weight excluding hydrogens is 228 g/mol. The summed E-state index contributed by atoms with van der Waals surface area (Å²) >= 11 is 0. The van der Waals surface area contributed by atoms with Crippen molar-refractivity contribution in [2.75, 3.05) is 6.54 Å². The standard InChI is InChI=1S/C14H24N2O2/c1-10(2)9-13(17)16-8-4-7-12(16)14(18)15-11-5-3-6-11/h10-12H,3-9H2,1-2H3,(H,15,18). The highest BCUT2D eigenvalue weighted by Crippen LogP contribution is 2.22. The van der Waals surface area contributed by atoms with Crippen LogP contribution >= 0.6 is 0 Å². The van der Waals surface area contributed by atoms with Crippen LogP contribution in [-0.4, -0.2) is 35.3 Å². The normalized spacial score (nSPS) is 24.2. The van der Waals surface area contributed by atoms with E-state index in [1.807, 2.05) is 13.8 Å². The molecule has 2 aliphatic rings. The van der Waals surface area contributed by atoms with Crippen LogP contribution in [0, 0.1) is 5.92 Å². The molecule has 1 saturated carbocycles. The van der Waals surface area contributed by atoms with Crippen LogP contribution in [0.2, 0.25) is 0 Å². The molecule has 1 saturated heterocycles. The van der Waals surface area contributed by atoms with Gasteiger partial charge in [0.05, 0.1) is 0 Å². The van der Waals surface area contributed by atoms with Gasteiger partial charge in [-0.1, -0.05) is 13.8 Å². The number of carbonyl (C=O) groups excluding carboxylic acids is 2. The molecule has 2 fully saturated rings. The van der Waals surface area contributed by atoms with Gasteiger partial charge in [0.2, 0.25) is 11.8 Å². The molecule has 1 unspecified atom stereocenters. The largest absolute Gasteiger partial charge is 0.352 e.